The number of hydrogen-bond acceptors (Lipinski definition) is 2. The number of rotatable bonds is 3. The minimum atomic E-state index is 0.349. The van der Waals surface area contributed by atoms with Crippen molar-refractivity contribution >= 4 is 22.9 Å². The Kier molecular flexibility index (Phi) is 4.16. The Morgan fingerprint density at radius 1 is 1.35 bits per heavy atom. The molecule has 2 aromatic rings. The van der Waals surface area contributed by atoms with Crippen LogP contribution in [-0.2, 0) is 6.42 Å². The summed E-state index contributed by atoms with van der Waals surface area (Å²) in [5, 5.41) is 6.61. The summed E-state index contributed by atoms with van der Waals surface area (Å²) < 4.78 is 0. The van der Waals surface area contributed by atoms with Crippen LogP contribution in [0.4, 0.5) is 0 Å². The van der Waals surface area contributed by atoms with Gasteiger partial charge in [0.05, 0.1) is 0 Å². The zero-order chi connectivity index (χ0) is 14.1. The maximum atomic E-state index is 6.31. The van der Waals surface area contributed by atoms with Crippen molar-refractivity contribution in [1.29, 1.82) is 0 Å². The second kappa shape index (κ2) is 5.88. The van der Waals surface area contributed by atoms with Crippen molar-refractivity contribution in [3.8, 4) is 0 Å². The molecule has 1 nitrogen and oxygen atoms in total. The van der Waals surface area contributed by atoms with Crippen molar-refractivity contribution < 1.29 is 0 Å². The molecule has 2 unspecified atom stereocenters. The molecular weight excluding hydrogens is 286 g/mol. The largest absolute Gasteiger partial charge is 0.312 e. The summed E-state index contributed by atoms with van der Waals surface area (Å²) in [5.74, 6) is 0.564. The summed E-state index contributed by atoms with van der Waals surface area (Å²) in [6.45, 7) is 2.05. The third kappa shape index (κ3) is 2.52. The van der Waals surface area contributed by atoms with Gasteiger partial charge in [0.1, 0.15) is 0 Å². The van der Waals surface area contributed by atoms with Gasteiger partial charge in [-0.15, -0.1) is 11.3 Å². The van der Waals surface area contributed by atoms with Gasteiger partial charge in [-0.2, -0.15) is 0 Å². The van der Waals surface area contributed by atoms with Gasteiger partial charge in [-0.1, -0.05) is 23.7 Å². The Labute approximate surface area is 130 Å². The Bertz CT molecular complexity index is 605. The molecule has 0 radical (unpaired) electrons. The fourth-order valence-corrected chi connectivity index (χ4v) is 4.46. The third-order valence-corrected chi connectivity index (χ3v) is 5.77. The van der Waals surface area contributed by atoms with Crippen LogP contribution in [0.5, 0.6) is 0 Å². The number of likely N-dealkylation sites (N-methyl/N-ethyl adjacent to an activating group) is 1. The molecule has 1 N–H and O–H groups in total. The van der Waals surface area contributed by atoms with Crippen molar-refractivity contribution in [2.45, 2.75) is 38.1 Å². The number of fused-ring (bicyclic) bond motifs is 1. The molecule has 0 spiro atoms. The minimum absolute atomic E-state index is 0.349. The Morgan fingerprint density at radius 3 is 2.95 bits per heavy atom. The first-order valence-electron chi connectivity index (χ1n) is 7.20. The minimum Gasteiger partial charge on any atom is -0.312 e. The molecule has 1 aliphatic rings. The van der Waals surface area contributed by atoms with Crippen LogP contribution in [0.3, 0.4) is 0 Å². The summed E-state index contributed by atoms with van der Waals surface area (Å²) in [4.78, 5) is 1.57. The van der Waals surface area contributed by atoms with Crippen molar-refractivity contribution in [2.24, 2.45) is 0 Å². The Morgan fingerprint density at radius 2 is 2.20 bits per heavy atom. The van der Waals surface area contributed by atoms with Crippen LogP contribution in [0.25, 0.3) is 0 Å². The molecule has 0 amide bonds. The molecule has 0 fully saturated rings. The van der Waals surface area contributed by atoms with Crippen LogP contribution < -0.4 is 5.32 Å². The Balaban J connectivity index is 1.97. The van der Waals surface area contributed by atoms with E-state index in [0.717, 1.165) is 10.6 Å². The second-order valence-electron chi connectivity index (χ2n) is 5.57. The number of thiophene rings is 1. The average Bonchev–Trinajstić information content (AvgIpc) is 2.93. The van der Waals surface area contributed by atoms with Gasteiger partial charge in [-0.05, 0) is 67.4 Å². The summed E-state index contributed by atoms with van der Waals surface area (Å²) in [6.07, 6.45) is 3.78. The van der Waals surface area contributed by atoms with Crippen molar-refractivity contribution in [3.05, 3.63) is 56.2 Å². The van der Waals surface area contributed by atoms with Crippen molar-refractivity contribution in [3.63, 3.8) is 0 Å². The summed E-state index contributed by atoms with van der Waals surface area (Å²) in [5.41, 5.74) is 3.98. The zero-order valence-corrected chi connectivity index (χ0v) is 13.5. The number of nitrogens with one attached hydrogen (secondary N) is 1. The highest BCUT2D eigenvalue weighted by Gasteiger charge is 2.29. The van der Waals surface area contributed by atoms with E-state index in [1.165, 1.54) is 30.4 Å². The fourth-order valence-electron chi connectivity index (χ4n) is 3.27. The molecule has 0 saturated heterocycles. The highest BCUT2D eigenvalue weighted by molar-refractivity contribution is 7.10. The molecule has 0 aliphatic heterocycles. The van der Waals surface area contributed by atoms with Crippen molar-refractivity contribution in [2.75, 3.05) is 7.05 Å². The molecular formula is C17H20ClNS. The smallest absolute Gasteiger partial charge is 0.0438 e. The molecule has 1 aromatic heterocycles. The summed E-state index contributed by atoms with van der Waals surface area (Å²) in [7, 11) is 2.05. The zero-order valence-electron chi connectivity index (χ0n) is 11.9. The molecule has 20 heavy (non-hydrogen) atoms. The van der Waals surface area contributed by atoms with Gasteiger partial charge in [0.15, 0.2) is 0 Å². The summed E-state index contributed by atoms with van der Waals surface area (Å²) >= 11 is 8.21. The SMILES string of the molecule is CNC(c1ccc(C)c(Cl)c1)C1CCCc2sccc21. The number of halogens is 1. The number of benzene rings is 1. The second-order valence-corrected chi connectivity index (χ2v) is 6.98. The summed E-state index contributed by atoms with van der Waals surface area (Å²) in [6, 6.07) is 9.12. The van der Waals surface area contributed by atoms with Gasteiger partial charge in [-0.25, -0.2) is 0 Å². The van der Waals surface area contributed by atoms with E-state index in [1.807, 2.05) is 11.3 Å². The molecule has 1 aliphatic carbocycles. The van der Waals surface area contributed by atoms with E-state index in [4.69, 9.17) is 11.6 Å². The van der Waals surface area contributed by atoms with Gasteiger partial charge in [0.2, 0.25) is 0 Å². The lowest BCUT2D eigenvalue weighted by molar-refractivity contribution is 0.428. The molecule has 0 saturated carbocycles. The molecule has 3 heteroatoms. The van der Waals surface area contributed by atoms with Gasteiger partial charge in [0, 0.05) is 21.9 Å². The lowest BCUT2D eigenvalue weighted by Gasteiger charge is -2.31. The highest BCUT2D eigenvalue weighted by atomic mass is 35.5. The van der Waals surface area contributed by atoms with E-state index in [2.05, 4.69) is 48.9 Å². The van der Waals surface area contributed by atoms with E-state index in [1.54, 1.807) is 4.88 Å². The maximum absolute atomic E-state index is 6.31. The number of hydrogen-bond donors (Lipinski definition) is 1. The molecule has 1 heterocycles. The van der Waals surface area contributed by atoms with Gasteiger partial charge in [0.25, 0.3) is 0 Å². The highest BCUT2D eigenvalue weighted by Crippen LogP contribution is 2.42. The predicted molar refractivity (Wildman–Crippen MR) is 88.0 cm³/mol. The van der Waals surface area contributed by atoms with E-state index < -0.39 is 0 Å². The van der Waals surface area contributed by atoms with Gasteiger partial charge in [-0.3, -0.25) is 0 Å². The van der Waals surface area contributed by atoms with Crippen LogP contribution in [0.2, 0.25) is 5.02 Å². The van der Waals surface area contributed by atoms with Gasteiger partial charge < -0.3 is 5.32 Å². The first-order chi connectivity index (χ1) is 9.70. The van der Waals surface area contributed by atoms with Gasteiger partial charge >= 0.3 is 0 Å². The lowest BCUT2D eigenvalue weighted by atomic mass is 9.80. The molecule has 0 bridgehead atoms. The first-order valence-corrected chi connectivity index (χ1v) is 8.46. The Hall–Kier alpha value is -0.830. The van der Waals surface area contributed by atoms with E-state index >= 15 is 0 Å². The maximum Gasteiger partial charge on any atom is 0.0438 e. The van der Waals surface area contributed by atoms with Crippen LogP contribution in [0.1, 0.15) is 46.4 Å². The van der Waals surface area contributed by atoms with Crippen molar-refractivity contribution in [1.82, 2.24) is 5.32 Å². The standard InChI is InChI=1S/C17H20ClNS/c1-11-6-7-12(10-15(11)18)17(19-2)14-4-3-5-16-13(14)8-9-20-16/h6-10,14,17,19H,3-5H2,1-2H3. The third-order valence-electron chi connectivity index (χ3n) is 4.37. The molecule has 3 rings (SSSR count). The monoisotopic (exact) mass is 305 g/mol. The van der Waals surface area contributed by atoms with Crippen LogP contribution in [-0.4, -0.2) is 7.05 Å². The normalized spacial score (nSPS) is 19.6. The topological polar surface area (TPSA) is 12.0 Å². The first kappa shape index (κ1) is 14.1. The fraction of sp³-hybridized carbons (Fsp3) is 0.412. The lowest BCUT2D eigenvalue weighted by Crippen LogP contribution is -2.26. The number of aryl methyl sites for hydroxylation is 2. The van der Waals surface area contributed by atoms with E-state index in [0.29, 0.717) is 12.0 Å². The van der Waals surface area contributed by atoms with E-state index in [9.17, 15) is 0 Å². The van der Waals surface area contributed by atoms with E-state index in [-0.39, 0.29) is 0 Å². The average molecular weight is 306 g/mol. The molecule has 106 valence electrons. The predicted octanol–water partition coefficient (Wildman–Crippen LogP) is 5.09. The van der Waals surface area contributed by atoms with Crippen LogP contribution in [0, 0.1) is 6.92 Å². The molecule has 1 aromatic carbocycles. The molecule has 2 atom stereocenters. The van der Waals surface area contributed by atoms with Crippen LogP contribution in [0.15, 0.2) is 29.6 Å². The van der Waals surface area contributed by atoms with Crippen LogP contribution >= 0.6 is 22.9 Å². The quantitative estimate of drug-likeness (QED) is 0.833.